The molecule has 1 aromatic carbocycles. The van der Waals surface area contributed by atoms with Crippen LogP contribution >= 0.6 is 0 Å². The minimum atomic E-state index is -1.03. The normalized spacial score (nSPS) is 10.5. The van der Waals surface area contributed by atoms with Crippen LogP contribution in [0.25, 0.3) is 11.0 Å². The van der Waals surface area contributed by atoms with Gasteiger partial charge in [0.1, 0.15) is 0 Å². The summed E-state index contributed by atoms with van der Waals surface area (Å²) in [4.78, 5) is 17.4. The second-order valence-electron chi connectivity index (χ2n) is 2.66. The lowest BCUT2D eigenvalue weighted by atomic mass is 10.1. The average molecular weight is 177 g/mol. The number of fused-ring (bicyclic) bond motifs is 1. The quantitative estimate of drug-likeness (QED) is 0.563. The summed E-state index contributed by atoms with van der Waals surface area (Å²) in [6.45, 7) is 0. The molecule has 0 radical (unpaired) electrons. The van der Waals surface area contributed by atoms with Crippen molar-refractivity contribution in [2.24, 2.45) is 0 Å². The third-order valence-corrected chi connectivity index (χ3v) is 1.82. The molecule has 13 heavy (non-hydrogen) atoms. The van der Waals surface area contributed by atoms with E-state index in [0.29, 0.717) is 11.0 Å². The first kappa shape index (κ1) is 7.60. The molecular formula is C8H7N3O2. The van der Waals surface area contributed by atoms with Crippen molar-refractivity contribution in [3.63, 3.8) is 0 Å². The van der Waals surface area contributed by atoms with E-state index in [1.807, 2.05) is 0 Å². The lowest BCUT2D eigenvalue weighted by molar-refractivity contribution is 0.0698. The lowest BCUT2D eigenvalue weighted by Crippen LogP contribution is -2.01. The molecule has 0 unspecified atom stereocenters. The first-order valence-electron chi connectivity index (χ1n) is 3.64. The van der Waals surface area contributed by atoms with Crippen molar-refractivity contribution < 1.29 is 9.90 Å². The molecule has 0 atom stereocenters. The summed E-state index contributed by atoms with van der Waals surface area (Å²) in [6.07, 6.45) is 1.50. The minimum Gasteiger partial charge on any atom is -0.478 e. The van der Waals surface area contributed by atoms with E-state index in [1.165, 1.54) is 18.5 Å². The van der Waals surface area contributed by atoms with Gasteiger partial charge in [0.2, 0.25) is 0 Å². The van der Waals surface area contributed by atoms with Crippen molar-refractivity contribution >= 4 is 22.7 Å². The monoisotopic (exact) mass is 177 g/mol. The molecule has 4 N–H and O–H groups in total. The molecule has 2 aromatic rings. The van der Waals surface area contributed by atoms with Crippen molar-refractivity contribution in [2.45, 2.75) is 0 Å². The molecule has 0 saturated carbocycles. The van der Waals surface area contributed by atoms with E-state index in [1.54, 1.807) is 0 Å². The Morgan fingerprint density at radius 3 is 3.00 bits per heavy atom. The van der Waals surface area contributed by atoms with Crippen LogP contribution in [0.4, 0.5) is 5.69 Å². The van der Waals surface area contributed by atoms with Gasteiger partial charge in [0.15, 0.2) is 0 Å². The number of hydrogen-bond donors (Lipinski definition) is 3. The van der Waals surface area contributed by atoms with Gasteiger partial charge in [-0.25, -0.2) is 9.78 Å². The third kappa shape index (κ3) is 1.10. The zero-order valence-corrected chi connectivity index (χ0v) is 6.61. The van der Waals surface area contributed by atoms with Crippen LogP contribution in [-0.4, -0.2) is 21.0 Å². The van der Waals surface area contributed by atoms with E-state index in [2.05, 4.69) is 9.97 Å². The fraction of sp³-hybridized carbons (Fsp3) is 0. The van der Waals surface area contributed by atoms with E-state index >= 15 is 0 Å². The van der Waals surface area contributed by atoms with Crippen LogP contribution in [0.5, 0.6) is 0 Å². The number of aromatic nitrogens is 2. The number of rotatable bonds is 1. The molecule has 2 rings (SSSR count). The number of aromatic carboxylic acids is 1. The SMILES string of the molecule is Nc1cc2nc[nH]c2cc1C(=O)O. The summed E-state index contributed by atoms with van der Waals surface area (Å²) in [5.74, 6) is -1.03. The Hall–Kier alpha value is -2.04. The fourth-order valence-corrected chi connectivity index (χ4v) is 1.18. The number of carboxylic acid groups (broad SMARTS) is 1. The van der Waals surface area contributed by atoms with Crippen molar-refractivity contribution in [3.8, 4) is 0 Å². The number of carboxylic acids is 1. The molecule has 5 heteroatoms. The largest absolute Gasteiger partial charge is 0.478 e. The molecule has 0 aliphatic heterocycles. The molecule has 0 fully saturated rings. The predicted molar refractivity (Wildman–Crippen MR) is 47.5 cm³/mol. The van der Waals surface area contributed by atoms with E-state index in [9.17, 15) is 4.79 Å². The Kier molecular flexibility index (Phi) is 1.45. The third-order valence-electron chi connectivity index (χ3n) is 1.82. The molecule has 0 aliphatic rings. The highest BCUT2D eigenvalue weighted by Gasteiger charge is 2.09. The van der Waals surface area contributed by atoms with Crippen LogP contribution in [0.15, 0.2) is 18.5 Å². The Morgan fingerprint density at radius 1 is 1.54 bits per heavy atom. The van der Waals surface area contributed by atoms with Gasteiger partial charge in [-0.15, -0.1) is 0 Å². The van der Waals surface area contributed by atoms with Crippen LogP contribution in [0.3, 0.4) is 0 Å². The van der Waals surface area contributed by atoms with Crippen molar-refractivity contribution in [2.75, 3.05) is 5.73 Å². The first-order valence-corrected chi connectivity index (χ1v) is 3.64. The molecule has 1 aromatic heterocycles. The summed E-state index contributed by atoms with van der Waals surface area (Å²) < 4.78 is 0. The van der Waals surface area contributed by atoms with Gasteiger partial charge in [-0.05, 0) is 12.1 Å². The maximum absolute atomic E-state index is 10.7. The zero-order chi connectivity index (χ0) is 9.42. The van der Waals surface area contributed by atoms with Crippen LogP contribution in [0, 0.1) is 0 Å². The Bertz CT molecular complexity index is 475. The number of benzene rings is 1. The van der Waals surface area contributed by atoms with Gasteiger partial charge in [-0.3, -0.25) is 0 Å². The molecule has 5 nitrogen and oxygen atoms in total. The highest BCUT2D eigenvalue weighted by molar-refractivity contribution is 5.98. The number of carbonyl (C=O) groups is 1. The maximum atomic E-state index is 10.7. The second kappa shape index (κ2) is 2.48. The van der Waals surface area contributed by atoms with Gasteiger partial charge in [-0.2, -0.15) is 0 Å². The number of H-pyrrole nitrogens is 1. The van der Waals surface area contributed by atoms with E-state index in [0.717, 1.165) is 0 Å². The maximum Gasteiger partial charge on any atom is 0.337 e. The second-order valence-corrected chi connectivity index (χ2v) is 2.66. The Balaban J connectivity index is 2.76. The zero-order valence-electron chi connectivity index (χ0n) is 6.61. The molecular weight excluding hydrogens is 170 g/mol. The van der Waals surface area contributed by atoms with E-state index in [-0.39, 0.29) is 11.3 Å². The smallest absolute Gasteiger partial charge is 0.337 e. The van der Waals surface area contributed by atoms with Gasteiger partial charge in [0, 0.05) is 5.69 Å². The number of nitrogens with zero attached hydrogens (tertiary/aromatic N) is 1. The topological polar surface area (TPSA) is 92.0 Å². The number of nitrogens with one attached hydrogen (secondary N) is 1. The molecule has 0 spiro atoms. The summed E-state index contributed by atoms with van der Waals surface area (Å²) in [6, 6.07) is 3.01. The highest BCUT2D eigenvalue weighted by atomic mass is 16.4. The highest BCUT2D eigenvalue weighted by Crippen LogP contribution is 2.18. The van der Waals surface area contributed by atoms with Crippen LogP contribution in [0.1, 0.15) is 10.4 Å². The van der Waals surface area contributed by atoms with E-state index in [4.69, 9.17) is 10.8 Å². The van der Waals surface area contributed by atoms with Crippen LogP contribution in [-0.2, 0) is 0 Å². The molecule has 0 saturated heterocycles. The van der Waals surface area contributed by atoms with Crippen LogP contribution in [0.2, 0.25) is 0 Å². The Labute approximate surface area is 73.2 Å². The summed E-state index contributed by atoms with van der Waals surface area (Å²) in [7, 11) is 0. The number of hydrogen-bond acceptors (Lipinski definition) is 3. The van der Waals surface area contributed by atoms with Gasteiger partial charge < -0.3 is 15.8 Å². The van der Waals surface area contributed by atoms with Crippen molar-refractivity contribution in [3.05, 3.63) is 24.0 Å². The molecule has 0 amide bonds. The van der Waals surface area contributed by atoms with Gasteiger partial charge in [0.25, 0.3) is 0 Å². The minimum absolute atomic E-state index is 0.0942. The standard InChI is InChI=1S/C8H7N3O2/c9-5-2-7-6(10-3-11-7)1-4(5)8(12)13/h1-3H,9H2,(H,10,11)(H,12,13). The van der Waals surface area contributed by atoms with E-state index < -0.39 is 5.97 Å². The lowest BCUT2D eigenvalue weighted by Gasteiger charge is -1.99. The molecule has 66 valence electrons. The molecule has 1 heterocycles. The fourth-order valence-electron chi connectivity index (χ4n) is 1.18. The summed E-state index contributed by atoms with van der Waals surface area (Å²) in [5, 5.41) is 8.75. The van der Waals surface area contributed by atoms with Gasteiger partial charge in [0.05, 0.1) is 22.9 Å². The average Bonchev–Trinajstić information content (AvgIpc) is 2.48. The number of nitrogen functional groups attached to an aromatic ring is 1. The Morgan fingerprint density at radius 2 is 2.31 bits per heavy atom. The summed E-state index contributed by atoms with van der Waals surface area (Å²) in [5.41, 5.74) is 7.18. The molecule has 0 aliphatic carbocycles. The van der Waals surface area contributed by atoms with Crippen LogP contribution < -0.4 is 5.73 Å². The predicted octanol–water partition coefficient (Wildman–Crippen LogP) is 0.843. The molecule has 0 bridgehead atoms. The first-order chi connectivity index (χ1) is 6.18. The van der Waals surface area contributed by atoms with Crippen molar-refractivity contribution in [1.29, 1.82) is 0 Å². The summed E-state index contributed by atoms with van der Waals surface area (Å²) >= 11 is 0. The number of nitrogens with two attached hydrogens (primary N) is 1. The van der Waals surface area contributed by atoms with Gasteiger partial charge in [-0.1, -0.05) is 0 Å². The number of imidazole rings is 1. The van der Waals surface area contributed by atoms with Crippen molar-refractivity contribution in [1.82, 2.24) is 9.97 Å². The van der Waals surface area contributed by atoms with Gasteiger partial charge >= 0.3 is 5.97 Å². The number of anilines is 1. The number of aromatic amines is 1.